The number of pyridine rings is 1. The first-order valence-corrected chi connectivity index (χ1v) is 9.10. The zero-order valence-corrected chi connectivity index (χ0v) is 15.5. The topological polar surface area (TPSA) is 29.8 Å². The number of fused-ring (bicyclic) bond motifs is 2. The van der Waals surface area contributed by atoms with E-state index in [0.717, 1.165) is 50.1 Å². The fraction of sp³-hybridized carbons (Fsp3) is 0.353. The lowest BCUT2D eigenvalue weighted by molar-refractivity contribution is -0.767. The Morgan fingerprint density at radius 2 is 2.00 bits per heavy atom. The van der Waals surface area contributed by atoms with Gasteiger partial charge in [-0.3, -0.25) is 9.80 Å². The summed E-state index contributed by atoms with van der Waals surface area (Å²) in [4.78, 5) is 10.9. The van der Waals surface area contributed by atoms with E-state index in [1.807, 2.05) is 6.07 Å². The van der Waals surface area contributed by atoms with Gasteiger partial charge < -0.3 is 17.1 Å². The third-order valence-corrected chi connectivity index (χ3v) is 5.63. The third kappa shape index (κ3) is 3.72. The van der Waals surface area contributed by atoms with E-state index in [1.165, 1.54) is 15.5 Å². The number of halogens is 2. The van der Waals surface area contributed by atoms with Gasteiger partial charge in [-0.1, -0.05) is 35.5 Å². The van der Waals surface area contributed by atoms with Gasteiger partial charge in [-0.05, 0) is 12.1 Å². The highest BCUT2D eigenvalue weighted by atomic mass is 35.5. The maximum Gasteiger partial charge on any atom is 0.245 e. The van der Waals surface area contributed by atoms with Gasteiger partial charge in [0.05, 0.1) is 34.2 Å². The second kappa shape index (κ2) is 8.04. The summed E-state index contributed by atoms with van der Waals surface area (Å²) >= 11 is 7.90. The lowest BCUT2D eigenvalue weighted by atomic mass is 10.2. The Morgan fingerprint density at radius 3 is 2.83 bits per heavy atom. The van der Waals surface area contributed by atoms with Crippen LogP contribution in [0.15, 0.2) is 46.3 Å². The summed E-state index contributed by atoms with van der Waals surface area (Å²) in [5.41, 5.74) is 1.31. The molecule has 2 aliphatic heterocycles. The van der Waals surface area contributed by atoms with E-state index in [-0.39, 0.29) is 12.4 Å². The van der Waals surface area contributed by atoms with Crippen molar-refractivity contribution in [1.29, 1.82) is 0 Å². The van der Waals surface area contributed by atoms with Crippen molar-refractivity contribution in [2.24, 2.45) is 0 Å². The van der Waals surface area contributed by atoms with Crippen molar-refractivity contribution in [1.82, 2.24) is 9.88 Å². The van der Waals surface area contributed by atoms with Gasteiger partial charge in [-0.15, -0.1) is 0 Å². The molecule has 7 heteroatoms. The maximum absolute atomic E-state index is 6.14. The Bertz CT molecular complexity index is 710. The highest BCUT2D eigenvalue weighted by molar-refractivity contribution is 7.99. The molecule has 128 valence electrons. The van der Waals surface area contributed by atoms with Gasteiger partial charge in [0, 0.05) is 25.7 Å². The molecule has 0 aliphatic carbocycles. The first-order chi connectivity index (χ1) is 11.3. The average Bonchev–Trinajstić information content (AvgIpc) is 2.59. The molecule has 0 bridgehead atoms. The second-order valence-electron chi connectivity index (χ2n) is 5.78. The monoisotopic (exact) mass is 383 g/mol. The molecule has 1 saturated heterocycles. The van der Waals surface area contributed by atoms with Crippen LogP contribution in [-0.4, -0.2) is 49.3 Å². The van der Waals surface area contributed by atoms with Crippen molar-refractivity contribution < 1.29 is 22.0 Å². The van der Waals surface area contributed by atoms with Crippen LogP contribution in [0.4, 0.5) is 11.5 Å². The van der Waals surface area contributed by atoms with Crippen LogP contribution in [-0.2, 0) is 4.74 Å². The Kier molecular flexibility index (Phi) is 6.02. The summed E-state index contributed by atoms with van der Waals surface area (Å²) in [6.07, 6.45) is 1.75. The SMILES string of the molecule is Clc1cnc2c(c1)Sc1ccccc1[NH+]2CCN1CCOCC1.[Cl-]. The molecule has 3 heterocycles. The van der Waals surface area contributed by atoms with Crippen LogP contribution >= 0.6 is 23.4 Å². The Balaban J connectivity index is 0.00000169. The van der Waals surface area contributed by atoms with E-state index in [1.54, 1.807) is 18.0 Å². The number of aromatic nitrogens is 1. The molecule has 1 aromatic carbocycles. The zero-order chi connectivity index (χ0) is 15.6. The summed E-state index contributed by atoms with van der Waals surface area (Å²) in [5.74, 6) is 1.09. The molecule has 2 aliphatic rings. The van der Waals surface area contributed by atoms with E-state index in [4.69, 9.17) is 16.3 Å². The molecule has 0 spiro atoms. The van der Waals surface area contributed by atoms with Crippen LogP contribution in [0.3, 0.4) is 0 Å². The van der Waals surface area contributed by atoms with Gasteiger partial charge in [0.1, 0.15) is 6.54 Å². The lowest BCUT2D eigenvalue weighted by Crippen LogP contribution is -3.04. The van der Waals surface area contributed by atoms with Crippen LogP contribution in [0, 0.1) is 0 Å². The minimum atomic E-state index is 0. The number of quaternary nitrogens is 1. The standard InChI is InChI=1S/C17H18ClN3OS.ClH/c18-13-11-16-17(19-12-13)21(6-5-20-7-9-22-10-8-20)14-3-1-2-4-15(14)23-16;/h1-4,11-12H,5-10H2;1H. The number of rotatable bonds is 3. The number of nitrogens with one attached hydrogen (secondary N) is 1. The minimum absolute atomic E-state index is 0. The Labute approximate surface area is 157 Å². The summed E-state index contributed by atoms with van der Waals surface area (Å²) in [7, 11) is 0. The highest BCUT2D eigenvalue weighted by Gasteiger charge is 2.30. The number of hydrogen-bond acceptors (Lipinski definition) is 4. The van der Waals surface area contributed by atoms with Crippen LogP contribution in [0.1, 0.15) is 0 Å². The number of morpholine rings is 1. The third-order valence-electron chi connectivity index (χ3n) is 4.32. The van der Waals surface area contributed by atoms with E-state index in [2.05, 4.69) is 34.1 Å². The summed E-state index contributed by atoms with van der Waals surface area (Å²) in [6.45, 7) is 5.76. The number of benzene rings is 1. The van der Waals surface area contributed by atoms with Gasteiger partial charge in [0.15, 0.2) is 5.69 Å². The van der Waals surface area contributed by atoms with E-state index in [0.29, 0.717) is 5.02 Å². The zero-order valence-electron chi connectivity index (χ0n) is 13.2. The second-order valence-corrected chi connectivity index (χ2v) is 7.30. The van der Waals surface area contributed by atoms with Crippen molar-refractivity contribution in [3.8, 4) is 0 Å². The van der Waals surface area contributed by atoms with Crippen molar-refractivity contribution in [2.45, 2.75) is 9.79 Å². The average molecular weight is 384 g/mol. The van der Waals surface area contributed by atoms with Crippen molar-refractivity contribution in [2.75, 3.05) is 39.4 Å². The van der Waals surface area contributed by atoms with Crippen molar-refractivity contribution >= 4 is 34.9 Å². The molecule has 4 nitrogen and oxygen atoms in total. The molecule has 1 N–H and O–H groups in total. The number of nitrogens with zero attached hydrogens (tertiary/aromatic N) is 2. The molecule has 1 atom stereocenters. The first kappa shape index (κ1) is 18.0. The molecule has 0 saturated carbocycles. The fourth-order valence-corrected chi connectivity index (χ4v) is 4.49. The lowest BCUT2D eigenvalue weighted by Gasteiger charge is -2.30. The van der Waals surface area contributed by atoms with Crippen molar-refractivity contribution in [3.05, 3.63) is 41.6 Å². The molecule has 1 unspecified atom stereocenters. The largest absolute Gasteiger partial charge is 1.00 e. The fourth-order valence-electron chi connectivity index (χ4n) is 3.12. The molecule has 0 amide bonds. The summed E-state index contributed by atoms with van der Waals surface area (Å²) in [6, 6.07) is 10.6. The minimum Gasteiger partial charge on any atom is -1.00 e. The predicted octanol–water partition coefficient (Wildman–Crippen LogP) is -0.616. The molecule has 2 aromatic rings. The molecular formula is C17H19Cl2N3OS. The van der Waals surface area contributed by atoms with Gasteiger partial charge >= 0.3 is 0 Å². The highest BCUT2D eigenvalue weighted by Crippen LogP contribution is 2.39. The first-order valence-electron chi connectivity index (χ1n) is 7.90. The molecule has 1 aromatic heterocycles. The molecule has 0 radical (unpaired) electrons. The Hall–Kier alpha value is -0.820. The molecule has 24 heavy (non-hydrogen) atoms. The van der Waals surface area contributed by atoms with Crippen LogP contribution < -0.4 is 17.3 Å². The quantitative estimate of drug-likeness (QED) is 0.765. The smallest absolute Gasteiger partial charge is 0.245 e. The van der Waals surface area contributed by atoms with E-state index < -0.39 is 0 Å². The van der Waals surface area contributed by atoms with Gasteiger partial charge in [0.2, 0.25) is 5.82 Å². The van der Waals surface area contributed by atoms with Gasteiger partial charge in [-0.2, -0.15) is 0 Å². The number of hydrogen-bond donors (Lipinski definition) is 1. The normalized spacial score (nSPS) is 20.0. The number of para-hydroxylation sites is 1. The summed E-state index contributed by atoms with van der Waals surface area (Å²) < 4.78 is 5.44. The predicted molar refractivity (Wildman–Crippen MR) is 92.2 cm³/mol. The van der Waals surface area contributed by atoms with E-state index in [9.17, 15) is 0 Å². The van der Waals surface area contributed by atoms with Gasteiger partial charge in [0.25, 0.3) is 0 Å². The van der Waals surface area contributed by atoms with E-state index >= 15 is 0 Å². The summed E-state index contributed by atoms with van der Waals surface area (Å²) in [5, 5.41) is 0.697. The molecule has 1 fully saturated rings. The maximum atomic E-state index is 6.14. The molecule has 4 rings (SSSR count). The number of ether oxygens (including phenoxy) is 1. The van der Waals surface area contributed by atoms with Crippen LogP contribution in [0.25, 0.3) is 0 Å². The van der Waals surface area contributed by atoms with Crippen LogP contribution in [0.2, 0.25) is 5.02 Å². The van der Waals surface area contributed by atoms with Gasteiger partial charge in [-0.25, -0.2) is 4.98 Å². The molecular weight excluding hydrogens is 365 g/mol. The van der Waals surface area contributed by atoms with Crippen LogP contribution in [0.5, 0.6) is 0 Å². The van der Waals surface area contributed by atoms with Crippen molar-refractivity contribution in [3.63, 3.8) is 0 Å². The Morgan fingerprint density at radius 1 is 1.21 bits per heavy atom.